The quantitative estimate of drug-likeness (QED) is 0.309. The third-order valence-corrected chi connectivity index (χ3v) is 6.47. The lowest BCUT2D eigenvalue weighted by molar-refractivity contribution is -0.172. The Balaban J connectivity index is 2.17. The molecule has 0 bridgehead atoms. The summed E-state index contributed by atoms with van der Waals surface area (Å²) in [5.41, 5.74) is 0. The second-order valence-electron chi connectivity index (χ2n) is 7.43. The van der Waals surface area contributed by atoms with Gasteiger partial charge in [-0.25, -0.2) is 4.79 Å². The van der Waals surface area contributed by atoms with Crippen molar-refractivity contribution >= 4 is 26.1 Å². The molecule has 7 nitrogen and oxygen atoms in total. The van der Waals surface area contributed by atoms with Gasteiger partial charge >= 0.3 is 6.16 Å². The Morgan fingerprint density at radius 2 is 2.12 bits per heavy atom. The highest BCUT2D eigenvalue weighted by Gasteiger charge is 2.59. The molecule has 2 aliphatic heterocycles. The number of ether oxygens (including phenoxy) is 3. The fourth-order valence-electron chi connectivity index (χ4n) is 3.48. The van der Waals surface area contributed by atoms with Crippen LogP contribution in [0, 0.1) is 5.92 Å². The predicted octanol–water partition coefficient (Wildman–Crippen LogP) is 2.12. The first kappa shape index (κ1) is 19.6. The number of β-lactam (4-membered cyclic amide) rings is 1. The first-order valence-corrected chi connectivity index (χ1v) is 12.0. The Morgan fingerprint density at radius 3 is 2.68 bits per heavy atom. The molecule has 0 aromatic carbocycles. The summed E-state index contributed by atoms with van der Waals surface area (Å²) in [4.78, 5) is 36.8. The number of rotatable bonds is 6. The third kappa shape index (κ3) is 4.12. The van der Waals surface area contributed by atoms with E-state index in [1.165, 1.54) is 6.08 Å². The maximum absolute atomic E-state index is 12.8. The van der Waals surface area contributed by atoms with Gasteiger partial charge in [0.05, 0.1) is 12.0 Å². The van der Waals surface area contributed by atoms with Gasteiger partial charge in [0, 0.05) is 13.0 Å². The molecule has 2 heterocycles. The molecule has 0 aromatic heterocycles. The summed E-state index contributed by atoms with van der Waals surface area (Å²) >= 11 is 0. The topological polar surface area (TPSA) is 82.1 Å². The fraction of sp³-hybridized carbons (Fsp3) is 0.706. The Labute approximate surface area is 149 Å². The first-order valence-electron chi connectivity index (χ1n) is 8.60. The number of Topliss-reactive ketones (excluding diaryl/α,β-unsaturated/α-hetero) is 1. The summed E-state index contributed by atoms with van der Waals surface area (Å²) < 4.78 is 17.6. The van der Waals surface area contributed by atoms with Crippen LogP contribution in [-0.2, 0) is 23.8 Å². The summed E-state index contributed by atoms with van der Waals surface area (Å²) in [5, 5.41) is 0. The number of amides is 1. The van der Waals surface area contributed by atoms with Gasteiger partial charge in [0.15, 0.2) is 14.0 Å². The Bertz CT molecular complexity index is 558. The van der Waals surface area contributed by atoms with Gasteiger partial charge in [-0.05, 0) is 13.3 Å². The van der Waals surface area contributed by atoms with Crippen LogP contribution < -0.4 is 0 Å². The summed E-state index contributed by atoms with van der Waals surface area (Å²) in [6.07, 6.45) is 0.414. The second-order valence-corrected chi connectivity index (χ2v) is 12.3. The van der Waals surface area contributed by atoms with Crippen molar-refractivity contribution in [3.63, 3.8) is 0 Å². The van der Waals surface area contributed by atoms with Gasteiger partial charge < -0.3 is 18.8 Å². The summed E-state index contributed by atoms with van der Waals surface area (Å²) in [5.74, 6) is -0.663. The van der Waals surface area contributed by atoms with E-state index in [1.807, 2.05) is 19.6 Å². The highest BCUT2D eigenvalue weighted by molar-refractivity contribution is 6.76. The summed E-state index contributed by atoms with van der Waals surface area (Å²) in [6, 6.07) is -0.380. The van der Waals surface area contributed by atoms with E-state index in [9.17, 15) is 14.4 Å². The molecule has 2 saturated heterocycles. The van der Waals surface area contributed by atoms with Crippen molar-refractivity contribution in [3.8, 4) is 0 Å². The number of carbonyl (C=O) groups is 3. The zero-order chi connectivity index (χ0) is 18.8. The van der Waals surface area contributed by atoms with E-state index >= 15 is 0 Å². The molecule has 0 aliphatic carbocycles. The molecule has 0 aromatic rings. The maximum atomic E-state index is 12.8. The molecule has 25 heavy (non-hydrogen) atoms. The van der Waals surface area contributed by atoms with Crippen LogP contribution in [0.4, 0.5) is 4.79 Å². The molecule has 0 spiro atoms. The van der Waals surface area contributed by atoms with E-state index in [4.69, 9.17) is 14.2 Å². The number of ketones is 1. The summed E-state index contributed by atoms with van der Waals surface area (Å²) in [7, 11) is -2.00. The molecular formula is C17H27NO6Si. The van der Waals surface area contributed by atoms with Crippen LogP contribution in [0.2, 0.25) is 19.6 Å². The van der Waals surface area contributed by atoms with Gasteiger partial charge in [0.25, 0.3) is 0 Å². The van der Waals surface area contributed by atoms with Gasteiger partial charge in [0.1, 0.15) is 18.8 Å². The minimum atomic E-state index is -2.00. The van der Waals surface area contributed by atoms with E-state index in [0.29, 0.717) is 19.4 Å². The first-order chi connectivity index (χ1) is 11.7. The highest BCUT2D eigenvalue weighted by Crippen LogP contribution is 2.39. The van der Waals surface area contributed by atoms with Crippen LogP contribution in [0.1, 0.15) is 19.8 Å². The molecule has 4 atom stereocenters. The Hall–Kier alpha value is -1.67. The fourth-order valence-corrected chi connectivity index (χ4v) is 5.48. The molecule has 0 radical (unpaired) electrons. The molecule has 2 fully saturated rings. The van der Waals surface area contributed by atoms with Crippen molar-refractivity contribution in [2.24, 2.45) is 5.92 Å². The number of nitrogens with zero attached hydrogens (tertiary/aromatic N) is 1. The molecule has 1 amide bonds. The molecule has 8 heteroatoms. The Morgan fingerprint density at radius 1 is 1.44 bits per heavy atom. The van der Waals surface area contributed by atoms with E-state index in [2.05, 4.69) is 6.58 Å². The second kappa shape index (κ2) is 7.70. The van der Waals surface area contributed by atoms with Crippen LogP contribution in [0.25, 0.3) is 0 Å². The van der Waals surface area contributed by atoms with E-state index in [-0.39, 0.29) is 24.3 Å². The van der Waals surface area contributed by atoms with Crippen molar-refractivity contribution in [2.75, 3.05) is 13.2 Å². The molecule has 0 unspecified atom stereocenters. The SMILES string of the molecule is C=CCOC(=O)O[C@H](C)[C@H]1C(=O)N([Si](C)(C)C)[C@@H]1[C@H]1OCCCC1=O. The Kier molecular flexibility index (Phi) is 6.05. The molecular weight excluding hydrogens is 342 g/mol. The average molecular weight is 369 g/mol. The van der Waals surface area contributed by atoms with Gasteiger partial charge in [-0.1, -0.05) is 32.3 Å². The van der Waals surface area contributed by atoms with Crippen molar-refractivity contribution in [3.05, 3.63) is 12.7 Å². The van der Waals surface area contributed by atoms with Gasteiger partial charge in [-0.15, -0.1) is 0 Å². The van der Waals surface area contributed by atoms with Crippen molar-refractivity contribution < 1.29 is 28.6 Å². The van der Waals surface area contributed by atoms with Crippen LogP contribution in [0.5, 0.6) is 0 Å². The third-order valence-electron chi connectivity index (χ3n) is 4.51. The molecule has 140 valence electrons. The lowest BCUT2D eigenvalue weighted by atomic mass is 9.80. The zero-order valence-corrected chi connectivity index (χ0v) is 16.3. The van der Waals surface area contributed by atoms with Crippen molar-refractivity contribution in [1.82, 2.24) is 4.57 Å². The lowest BCUT2D eigenvalue weighted by Crippen LogP contribution is -2.76. The van der Waals surface area contributed by atoms with Crippen molar-refractivity contribution in [1.29, 1.82) is 0 Å². The van der Waals surface area contributed by atoms with Crippen molar-refractivity contribution in [2.45, 2.75) is 57.7 Å². The maximum Gasteiger partial charge on any atom is 0.508 e. The standard InChI is InChI=1S/C17H27NO6Si/c1-6-9-23-17(21)24-11(2)13-14(15-12(19)8-7-10-22-15)18(16(13)20)25(3,4)5/h6,11,13-15H,1,7-10H2,2-5H3/t11-,13-,14+,15+/m1/s1. The predicted molar refractivity (Wildman–Crippen MR) is 93.5 cm³/mol. The van der Waals surface area contributed by atoms with Crippen LogP contribution in [0.3, 0.4) is 0 Å². The van der Waals surface area contributed by atoms with Crippen LogP contribution >= 0.6 is 0 Å². The zero-order valence-electron chi connectivity index (χ0n) is 15.3. The number of hydrogen-bond donors (Lipinski definition) is 0. The number of hydrogen-bond acceptors (Lipinski definition) is 6. The average Bonchev–Trinajstić information content (AvgIpc) is 2.49. The minimum Gasteiger partial charge on any atom is -0.430 e. The van der Waals surface area contributed by atoms with Gasteiger partial charge in [-0.3, -0.25) is 9.59 Å². The number of carbonyl (C=O) groups excluding carboxylic acids is 3. The normalized spacial score (nSPS) is 28.2. The van der Waals surface area contributed by atoms with E-state index < -0.39 is 32.5 Å². The summed E-state index contributed by atoms with van der Waals surface area (Å²) in [6.45, 7) is 11.8. The van der Waals surface area contributed by atoms with E-state index in [1.54, 1.807) is 11.5 Å². The van der Waals surface area contributed by atoms with E-state index in [0.717, 1.165) is 0 Å². The smallest absolute Gasteiger partial charge is 0.430 e. The van der Waals surface area contributed by atoms with Crippen LogP contribution in [0.15, 0.2) is 12.7 Å². The van der Waals surface area contributed by atoms with Gasteiger partial charge in [0.2, 0.25) is 5.91 Å². The highest BCUT2D eigenvalue weighted by atomic mass is 28.3. The molecule has 2 aliphatic rings. The minimum absolute atomic E-state index is 0.0124. The lowest BCUT2D eigenvalue weighted by Gasteiger charge is -2.57. The monoisotopic (exact) mass is 369 g/mol. The van der Waals surface area contributed by atoms with Gasteiger partial charge in [-0.2, -0.15) is 0 Å². The molecule has 0 saturated carbocycles. The molecule has 0 N–H and O–H groups in total. The molecule has 2 rings (SSSR count). The largest absolute Gasteiger partial charge is 0.508 e. The van der Waals surface area contributed by atoms with Crippen LogP contribution in [-0.4, -0.2) is 62.1 Å².